The molecule has 1 amide bonds. The maximum absolute atomic E-state index is 11.5. The molecule has 0 aromatic carbocycles. The summed E-state index contributed by atoms with van der Waals surface area (Å²) in [7, 11) is 1.35. The molecule has 0 aliphatic carbocycles. The molecule has 1 aliphatic rings. The summed E-state index contributed by atoms with van der Waals surface area (Å²) in [6.45, 7) is 6.36. The molecule has 1 fully saturated rings. The van der Waals surface area contributed by atoms with Crippen LogP contribution in [0.2, 0.25) is 0 Å². The number of hydrogen-bond acceptors (Lipinski definition) is 5. The van der Waals surface area contributed by atoms with Gasteiger partial charge in [-0.15, -0.1) is 0 Å². The minimum absolute atomic E-state index is 0.104. The van der Waals surface area contributed by atoms with Crippen LogP contribution in [0.3, 0.4) is 0 Å². The van der Waals surface area contributed by atoms with E-state index in [0.29, 0.717) is 13.2 Å². The minimum Gasteiger partial charge on any atom is -0.466 e. The Hall–Kier alpha value is -1.30. The average molecular weight is 258 g/mol. The third-order valence-corrected chi connectivity index (χ3v) is 3.00. The second-order valence-corrected chi connectivity index (χ2v) is 4.53. The molecule has 6 nitrogen and oxygen atoms in total. The zero-order valence-corrected chi connectivity index (χ0v) is 11.3. The van der Waals surface area contributed by atoms with Crippen molar-refractivity contribution < 1.29 is 19.1 Å². The first-order valence-electron chi connectivity index (χ1n) is 6.30. The molecule has 6 heteroatoms. The highest BCUT2D eigenvalue weighted by atomic mass is 16.5. The number of hydrogen-bond donors (Lipinski definition) is 1. The van der Waals surface area contributed by atoms with Gasteiger partial charge >= 0.3 is 12.1 Å². The van der Waals surface area contributed by atoms with Crippen LogP contribution in [-0.2, 0) is 14.3 Å². The fourth-order valence-electron chi connectivity index (χ4n) is 2.09. The number of alkyl carbamates (subject to hydrolysis) is 1. The van der Waals surface area contributed by atoms with Gasteiger partial charge < -0.3 is 19.7 Å². The molecule has 0 radical (unpaired) electrons. The Morgan fingerprint density at radius 3 is 2.83 bits per heavy atom. The Morgan fingerprint density at radius 1 is 1.50 bits per heavy atom. The van der Waals surface area contributed by atoms with Gasteiger partial charge in [-0.2, -0.15) is 0 Å². The van der Waals surface area contributed by atoms with E-state index in [2.05, 4.69) is 15.0 Å². The van der Waals surface area contributed by atoms with E-state index in [4.69, 9.17) is 4.74 Å². The van der Waals surface area contributed by atoms with Gasteiger partial charge in [0.2, 0.25) is 0 Å². The second kappa shape index (κ2) is 7.20. The smallest absolute Gasteiger partial charge is 0.407 e. The van der Waals surface area contributed by atoms with Crippen molar-refractivity contribution in [2.45, 2.75) is 26.3 Å². The first-order chi connectivity index (χ1) is 8.56. The first kappa shape index (κ1) is 14.8. The number of esters is 1. The summed E-state index contributed by atoms with van der Waals surface area (Å²) in [6, 6.07) is 0.104. The molecule has 104 valence electrons. The van der Waals surface area contributed by atoms with E-state index in [-0.39, 0.29) is 17.9 Å². The Balaban J connectivity index is 2.29. The van der Waals surface area contributed by atoms with Gasteiger partial charge in [0.25, 0.3) is 0 Å². The van der Waals surface area contributed by atoms with Crippen molar-refractivity contribution in [3.8, 4) is 0 Å². The summed E-state index contributed by atoms with van der Waals surface area (Å²) in [4.78, 5) is 24.7. The van der Waals surface area contributed by atoms with Crippen molar-refractivity contribution >= 4 is 12.1 Å². The second-order valence-electron chi connectivity index (χ2n) is 4.53. The van der Waals surface area contributed by atoms with Crippen LogP contribution in [0.5, 0.6) is 0 Å². The van der Waals surface area contributed by atoms with Crippen LogP contribution in [-0.4, -0.2) is 56.4 Å². The largest absolute Gasteiger partial charge is 0.466 e. The summed E-state index contributed by atoms with van der Waals surface area (Å²) < 4.78 is 9.52. The van der Waals surface area contributed by atoms with Crippen LogP contribution < -0.4 is 5.32 Å². The minimum atomic E-state index is -0.403. The fraction of sp³-hybridized carbons (Fsp3) is 0.833. The monoisotopic (exact) mass is 258 g/mol. The van der Waals surface area contributed by atoms with Crippen molar-refractivity contribution in [1.82, 2.24) is 10.2 Å². The van der Waals surface area contributed by atoms with E-state index in [1.165, 1.54) is 7.11 Å². The molecule has 1 aliphatic heterocycles. The number of nitrogens with one attached hydrogen (secondary N) is 1. The summed E-state index contributed by atoms with van der Waals surface area (Å²) in [5, 5.41) is 2.77. The topological polar surface area (TPSA) is 67.9 Å². The zero-order valence-electron chi connectivity index (χ0n) is 11.3. The molecule has 0 bridgehead atoms. The number of likely N-dealkylation sites (tertiary alicyclic amines) is 1. The Kier molecular flexibility index (Phi) is 5.91. The van der Waals surface area contributed by atoms with E-state index in [1.807, 2.05) is 6.92 Å². The van der Waals surface area contributed by atoms with Crippen LogP contribution in [0.1, 0.15) is 20.3 Å². The van der Waals surface area contributed by atoms with Gasteiger partial charge in [0.15, 0.2) is 0 Å². The van der Waals surface area contributed by atoms with Gasteiger partial charge in [-0.05, 0) is 13.3 Å². The number of carbonyl (C=O) groups excluding carboxylic acids is 2. The van der Waals surface area contributed by atoms with Crippen LogP contribution in [0.15, 0.2) is 0 Å². The summed E-state index contributed by atoms with van der Waals surface area (Å²) >= 11 is 0. The molecule has 1 rings (SSSR count). The summed E-state index contributed by atoms with van der Waals surface area (Å²) in [5.74, 6) is -0.302. The number of ether oxygens (including phenoxy) is 2. The van der Waals surface area contributed by atoms with Gasteiger partial charge in [0, 0.05) is 25.7 Å². The van der Waals surface area contributed by atoms with Gasteiger partial charge in [-0.1, -0.05) is 6.92 Å². The quantitative estimate of drug-likeness (QED) is 0.732. The normalized spacial score (nSPS) is 21.4. The van der Waals surface area contributed by atoms with Crippen molar-refractivity contribution in [1.29, 1.82) is 0 Å². The zero-order chi connectivity index (χ0) is 13.5. The van der Waals surface area contributed by atoms with Gasteiger partial charge in [0.05, 0.1) is 19.6 Å². The maximum atomic E-state index is 11.5. The molecule has 2 atom stereocenters. The van der Waals surface area contributed by atoms with E-state index in [1.54, 1.807) is 6.92 Å². The maximum Gasteiger partial charge on any atom is 0.407 e. The predicted molar refractivity (Wildman–Crippen MR) is 66.2 cm³/mol. The molecule has 0 spiro atoms. The number of methoxy groups -OCH3 is 1. The molecule has 1 N–H and O–H groups in total. The Morgan fingerprint density at radius 2 is 2.22 bits per heavy atom. The Labute approximate surface area is 108 Å². The SMILES string of the molecule is CCOC(=O)C(C)CN1CCC(NC(=O)OC)C1. The molecular weight excluding hydrogens is 236 g/mol. The van der Waals surface area contributed by atoms with Crippen molar-refractivity contribution in [3.05, 3.63) is 0 Å². The third kappa shape index (κ3) is 4.52. The van der Waals surface area contributed by atoms with Crippen LogP contribution in [0, 0.1) is 5.92 Å². The predicted octanol–water partition coefficient (Wildman–Crippen LogP) is 0.616. The summed E-state index contributed by atoms with van der Waals surface area (Å²) in [5.41, 5.74) is 0. The number of nitrogens with zero attached hydrogens (tertiary/aromatic N) is 1. The van der Waals surface area contributed by atoms with E-state index >= 15 is 0 Å². The van der Waals surface area contributed by atoms with Gasteiger partial charge in [0.1, 0.15) is 0 Å². The lowest BCUT2D eigenvalue weighted by molar-refractivity contribution is -0.147. The summed E-state index contributed by atoms with van der Waals surface area (Å²) in [6.07, 6.45) is 0.477. The highest BCUT2D eigenvalue weighted by molar-refractivity contribution is 5.72. The molecule has 18 heavy (non-hydrogen) atoms. The number of rotatable bonds is 5. The highest BCUT2D eigenvalue weighted by Crippen LogP contribution is 2.12. The lowest BCUT2D eigenvalue weighted by atomic mass is 10.2. The molecule has 0 aromatic heterocycles. The van der Waals surface area contributed by atoms with Gasteiger partial charge in [-0.3, -0.25) is 4.79 Å². The molecular formula is C12H22N2O4. The fourth-order valence-corrected chi connectivity index (χ4v) is 2.09. The average Bonchev–Trinajstić information content (AvgIpc) is 2.76. The molecule has 2 unspecified atom stereocenters. The van der Waals surface area contributed by atoms with Crippen molar-refractivity contribution in [2.75, 3.05) is 33.4 Å². The standard InChI is InChI=1S/C12H22N2O4/c1-4-18-11(15)9(2)7-14-6-5-10(8-14)13-12(16)17-3/h9-10H,4-8H2,1-3H3,(H,13,16). The van der Waals surface area contributed by atoms with Gasteiger partial charge in [-0.25, -0.2) is 4.79 Å². The number of amides is 1. The molecule has 0 aromatic rings. The molecule has 1 saturated heterocycles. The van der Waals surface area contributed by atoms with Crippen molar-refractivity contribution in [3.63, 3.8) is 0 Å². The van der Waals surface area contributed by atoms with E-state index < -0.39 is 6.09 Å². The Bertz CT molecular complexity index is 296. The van der Waals surface area contributed by atoms with Crippen LogP contribution >= 0.6 is 0 Å². The molecule has 1 heterocycles. The number of carbonyl (C=O) groups is 2. The van der Waals surface area contributed by atoms with Crippen LogP contribution in [0.25, 0.3) is 0 Å². The van der Waals surface area contributed by atoms with Crippen molar-refractivity contribution in [2.24, 2.45) is 5.92 Å². The molecule has 0 saturated carbocycles. The van der Waals surface area contributed by atoms with E-state index in [0.717, 1.165) is 19.5 Å². The first-order valence-corrected chi connectivity index (χ1v) is 6.30. The lowest BCUT2D eigenvalue weighted by Gasteiger charge is -2.19. The lowest BCUT2D eigenvalue weighted by Crippen LogP contribution is -2.38. The van der Waals surface area contributed by atoms with E-state index in [9.17, 15) is 9.59 Å². The third-order valence-electron chi connectivity index (χ3n) is 3.00. The van der Waals surface area contributed by atoms with Crippen LogP contribution in [0.4, 0.5) is 4.79 Å². The highest BCUT2D eigenvalue weighted by Gasteiger charge is 2.27.